The summed E-state index contributed by atoms with van der Waals surface area (Å²) in [7, 11) is 0. The van der Waals surface area contributed by atoms with E-state index in [1.807, 2.05) is 12.1 Å². The first-order valence-electron chi connectivity index (χ1n) is 12.5. The Morgan fingerprint density at radius 1 is 1.15 bits per heavy atom. The van der Waals surface area contributed by atoms with Crippen molar-refractivity contribution in [3.63, 3.8) is 0 Å². The summed E-state index contributed by atoms with van der Waals surface area (Å²) in [4.78, 5) is 38.2. The number of carbonyl (C=O) groups is 3. The van der Waals surface area contributed by atoms with Gasteiger partial charge >= 0.3 is 0 Å². The molecule has 8 heteroatoms. The highest BCUT2D eigenvalue weighted by atomic mass is 16.5. The molecule has 2 N–H and O–H groups in total. The summed E-state index contributed by atoms with van der Waals surface area (Å²) in [5.74, 6) is -0.0870. The van der Waals surface area contributed by atoms with Crippen molar-refractivity contribution < 1.29 is 19.1 Å². The summed E-state index contributed by atoms with van der Waals surface area (Å²) in [6.45, 7) is 1.31. The zero-order chi connectivity index (χ0) is 23.5. The molecule has 2 aliphatic heterocycles. The van der Waals surface area contributed by atoms with E-state index in [2.05, 4.69) is 16.7 Å². The molecule has 1 saturated heterocycles. The molecule has 7 rings (SSSR count). The molecule has 6 aliphatic rings. The number of amides is 3. The highest BCUT2D eigenvalue weighted by Crippen LogP contribution is 2.72. The molecular formula is C26H30N4O4. The Morgan fingerprint density at radius 3 is 2.71 bits per heavy atom. The number of nitrogens with zero attached hydrogens (tertiary/aromatic N) is 2. The number of carbonyl (C=O) groups excluding carboxylic acids is 3. The van der Waals surface area contributed by atoms with E-state index in [0.29, 0.717) is 23.9 Å². The second-order valence-corrected chi connectivity index (χ2v) is 11.1. The molecule has 34 heavy (non-hydrogen) atoms. The van der Waals surface area contributed by atoms with Crippen molar-refractivity contribution in [2.75, 3.05) is 6.54 Å². The van der Waals surface area contributed by atoms with Gasteiger partial charge in [-0.25, -0.2) is 0 Å². The molecule has 178 valence electrons. The second-order valence-electron chi connectivity index (χ2n) is 11.1. The predicted octanol–water partition coefficient (Wildman–Crippen LogP) is 2.42. The van der Waals surface area contributed by atoms with E-state index < -0.39 is 11.9 Å². The van der Waals surface area contributed by atoms with Gasteiger partial charge in [-0.1, -0.05) is 6.42 Å². The molecule has 1 unspecified atom stereocenters. The molecule has 0 aromatic heterocycles. The number of nitriles is 1. The minimum Gasteiger partial charge on any atom is -0.489 e. The summed E-state index contributed by atoms with van der Waals surface area (Å²) in [6.07, 6.45) is 8.18. The van der Waals surface area contributed by atoms with Gasteiger partial charge in [-0.05, 0) is 74.1 Å². The van der Waals surface area contributed by atoms with Crippen molar-refractivity contribution >= 4 is 17.7 Å². The summed E-state index contributed by atoms with van der Waals surface area (Å²) < 4.78 is 6.45. The third-order valence-corrected chi connectivity index (χ3v) is 8.60. The fraction of sp³-hybridized carbons (Fsp3) is 0.615. The fourth-order valence-corrected chi connectivity index (χ4v) is 6.92. The number of hydrogen-bond acceptors (Lipinski definition) is 6. The average molecular weight is 463 g/mol. The lowest BCUT2D eigenvalue weighted by molar-refractivity contribution is -0.161. The van der Waals surface area contributed by atoms with Crippen LogP contribution in [0.5, 0.6) is 5.75 Å². The van der Waals surface area contributed by atoms with Crippen molar-refractivity contribution in [3.8, 4) is 11.8 Å². The van der Waals surface area contributed by atoms with E-state index in [0.717, 1.165) is 56.4 Å². The standard InChI is InChI=1S/C26H30N4O4/c27-14-25-11-26(12-25,13-25)15-28-19-3-1-2-4-21(19)34-17-5-6-18-16(9-17)10-30(24(18)33)20-7-8-22(31)29-23(20)32/h5-6,9,19-21,28H,1-4,7-8,10-13,15H2,(H,29,31,32)/t19-,20?,21-,25?,26?/m1/s1. The van der Waals surface area contributed by atoms with Gasteiger partial charge in [0.1, 0.15) is 17.9 Å². The Labute approximate surface area is 199 Å². The van der Waals surface area contributed by atoms with Crippen LogP contribution in [0.4, 0.5) is 0 Å². The van der Waals surface area contributed by atoms with E-state index in [-0.39, 0.29) is 35.8 Å². The number of rotatable bonds is 6. The van der Waals surface area contributed by atoms with Crippen molar-refractivity contribution in [3.05, 3.63) is 29.3 Å². The highest BCUT2D eigenvalue weighted by molar-refractivity contribution is 6.05. The molecule has 4 saturated carbocycles. The number of imide groups is 1. The Morgan fingerprint density at radius 2 is 1.94 bits per heavy atom. The number of ether oxygens (including phenoxy) is 1. The van der Waals surface area contributed by atoms with Gasteiger partial charge in [-0.2, -0.15) is 5.26 Å². The van der Waals surface area contributed by atoms with E-state index in [9.17, 15) is 19.6 Å². The third kappa shape index (κ3) is 3.49. The molecule has 1 aromatic rings. The van der Waals surface area contributed by atoms with Gasteiger partial charge in [0.2, 0.25) is 11.8 Å². The Kier molecular flexibility index (Phi) is 4.96. The summed E-state index contributed by atoms with van der Waals surface area (Å²) in [5, 5.41) is 15.4. The Hall–Kier alpha value is -2.92. The number of piperidine rings is 1. The van der Waals surface area contributed by atoms with Crippen LogP contribution in [0.1, 0.15) is 73.7 Å². The summed E-state index contributed by atoms with van der Waals surface area (Å²) >= 11 is 0. The van der Waals surface area contributed by atoms with E-state index in [4.69, 9.17) is 4.74 Å². The van der Waals surface area contributed by atoms with Crippen LogP contribution in [0, 0.1) is 22.2 Å². The molecule has 1 aromatic carbocycles. The van der Waals surface area contributed by atoms with Crippen molar-refractivity contribution in [1.29, 1.82) is 5.26 Å². The average Bonchev–Trinajstić information content (AvgIpc) is 3.09. The van der Waals surface area contributed by atoms with Gasteiger partial charge in [0, 0.05) is 31.1 Å². The topological polar surface area (TPSA) is 112 Å². The number of benzene rings is 1. The summed E-state index contributed by atoms with van der Waals surface area (Å²) in [5.41, 5.74) is 1.77. The van der Waals surface area contributed by atoms with Crippen LogP contribution in [0.25, 0.3) is 0 Å². The fourth-order valence-electron chi connectivity index (χ4n) is 6.92. The lowest BCUT2D eigenvalue weighted by atomic mass is 9.35. The first-order valence-corrected chi connectivity index (χ1v) is 12.5. The lowest BCUT2D eigenvalue weighted by Crippen LogP contribution is -2.65. The largest absolute Gasteiger partial charge is 0.489 e. The number of nitrogens with one attached hydrogen (secondary N) is 2. The molecule has 8 nitrogen and oxygen atoms in total. The lowest BCUT2D eigenvalue weighted by Gasteiger charge is -2.67. The molecular weight excluding hydrogens is 432 g/mol. The van der Waals surface area contributed by atoms with E-state index in [1.165, 1.54) is 6.42 Å². The maximum Gasteiger partial charge on any atom is 0.255 e. The summed E-state index contributed by atoms with van der Waals surface area (Å²) in [6, 6.07) is 7.75. The highest BCUT2D eigenvalue weighted by Gasteiger charge is 2.68. The molecule has 3 amide bonds. The Balaban J connectivity index is 1.10. The zero-order valence-electron chi connectivity index (χ0n) is 19.3. The molecule has 4 aliphatic carbocycles. The first-order chi connectivity index (χ1) is 16.4. The zero-order valence-corrected chi connectivity index (χ0v) is 19.3. The van der Waals surface area contributed by atoms with Gasteiger partial charge in [-0.15, -0.1) is 0 Å². The van der Waals surface area contributed by atoms with Gasteiger partial charge in [0.25, 0.3) is 5.91 Å². The van der Waals surface area contributed by atoms with Gasteiger partial charge in [0.05, 0.1) is 11.5 Å². The van der Waals surface area contributed by atoms with Crippen LogP contribution in [0.2, 0.25) is 0 Å². The van der Waals surface area contributed by atoms with Gasteiger partial charge in [-0.3, -0.25) is 19.7 Å². The predicted molar refractivity (Wildman–Crippen MR) is 121 cm³/mol. The quantitative estimate of drug-likeness (QED) is 0.628. The maximum atomic E-state index is 12.9. The minimum absolute atomic E-state index is 0.0201. The normalized spacial score (nSPS) is 36.1. The van der Waals surface area contributed by atoms with Crippen LogP contribution in [0.3, 0.4) is 0 Å². The smallest absolute Gasteiger partial charge is 0.255 e. The van der Waals surface area contributed by atoms with Crippen LogP contribution in [-0.4, -0.2) is 47.4 Å². The first kappa shape index (κ1) is 21.6. The number of hydrogen-bond donors (Lipinski definition) is 2. The van der Waals surface area contributed by atoms with E-state index in [1.54, 1.807) is 11.0 Å². The van der Waals surface area contributed by atoms with Gasteiger partial charge < -0.3 is 15.0 Å². The van der Waals surface area contributed by atoms with Gasteiger partial charge in [0.15, 0.2) is 0 Å². The van der Waals surface area contributed by atoms with Crippen molar-refractivity contribution in [2.24, 2.45) is 10.8 Å². The minimum atomic E-state index is -0.606. The molecule has 0 radical (unpaired) electrons. The molecule has 0 spiro atoms. The van der Waals surface area contributed by atoms with E-state index >= 15 is 0 Å². The van der Waals surface area contributed by atoms with Crippen LogP contribution < -0.4 is 15.4 Å². The SMILES string of the molecule is N#CC12CC(CN[C@@H]3CCCC[C@H]3Oc3ccc4c(c3)CN(C3CCC(=O)NC3=O)C4=O)(C1)C2. The second kappa shape index (κ2) is 7.81. The maximum absolute atomic E-state index is 12.9. The molecule has 5 fully saturated rings. The van der Waals surface area contributed by atoms with Crippen molar-refractivity contribution in [2.45, 2.75) is 82.5 Å². The number of fused-ring (bicyclic) bond motifs is 1. The van der Waals surface area contributed by atoms with Crippen LogP contribution in [-0.2, 0) is 16.1 Å². The molecule has 3 atom stereocenters. The Bertz CT molecular complexity index is 1090. The molecule has 2 heterocycles. The molecule has 2 bridgehead atoms. The third-order valence-electron chi connectivity index (χ3n) is 8.60. The van der Waals surface area contributed by atoms with Crippen molar-refractivity contribution in [1.82, 2.24) is 15.5 Å². The van der Waals surface area contributed by atoms with Crippen LogP contribution >= 0.6 is 0 Å². The van der Waals surface area contributed by atoms with Crippen LogP contribution in [0.15, 0.2) is 18.2 Å². The monoisotopic (exact) mass is 462 g/mol.